The first-order chi connectivity index (χ1) is 10.5. The molecule has 0 aliphatic heterocycles. The third-order valence-electron chi connectivity index (χ3n) is 3.26. The standard InChI is InChI=1S/C17H18Cl2N2O/c1-12-4-2-5-14(21-12)6-3-7-17(22)20-11-13-8-9-15(18)16(19)10-13/h2,4-5,8-10H,3,6-7,11H2,1H3,(H,20,22). The van der Waals surface area contributed by atoms with Gasteiger partial charge in [0.2, 0.25) is 5.91 Å². The molecule has 1 amide bonds. The summed E-state index contributed by atoms with van der Waals surface area (Å²) in [7, 11) is 0. The number of hydrogen-bond donors (Lipinski definition) is 1. The number of pyridine rings is 1. The van der Waals surface area contributed by atoms with Gasteiger partial charge < -0.3 is 5.32 Å². The Morgan fingerprint density at radius 2 is 2.00 bits per heavy atom. The van der Waals surface area contributed by atoms with E-state index in [4.69, 9.17) is 23.2 Å². The lowest BCUT2D eigenvalue weighted by atomic mass is 10.1. The van der Waals surface area contributed by atoms with Crippen LogP contribution in [0.2, 0.25) is 10.0 Å². The normalized spacial score (nSPS) is 10.5. The summed E-state index contributed by atoms with van der Waals surface area (Å²) in [6.45, 7) is 2.42. The largest absolute Gasteiger partial charge is 0.352 e. The van der Waals surface area contributed by atoms with E-state index in [9.17, 15) is 4.79 Å². The van der Waals surface area contributed by atoms with Gasteiger partial charge in [-0.05, 0) is 49.6 Å². The fourth-order valence-corrected chi connectivity index (χ4v) is 2.43. The number of aryl methyl sites for hydroxylation is 2. The highest BCUT2D eigenvalue weighted by molar-refractivity contribution is 6.42. The van der Waals surface area contributed by atoms with Crippen molar-refractivity contribution in [1.82, 2.24) is 10.3 Å². The van der Waals surface area contributed by atoms with Crippen molar-refractivity contribution in [3.05, 3.63) is 63.4 Å². The molecule has 2 rings (SSSR count). The highest BCUT2D eigenvalue weighted by Gasteiger charge is 2.04. The number of benzene rings is 1. The summed E-state index contributed by atoms with van der Waals surface area (Å²) in [5, 5.41) is 3.90. The first kappa shape index (κ1) is 16.8. The highest BCUT2D eigenvalue weighted by Crippen LogP contribution is 2.22. The average molecular weight is 337 g/mol. The predicted octanol–water partition coefficient (Wildman–Crippen LogP) is 4.34. The summed E-state index contributed by atoms with van der Waals surface area (Å²) in [5.41, 5.74) is 2.96. The fourth-order valence-electron chi connectivity index (χ4n) is 2.11. The van der Waals surface area contributed by atoms with Gasteiger partial charge >= 0.3 is 0 Å². The molecule has 3 nitrogen and oxygen atoms in total. The SMILES string of the molecule is Cc1cccc(CCCC(=O)NCc2ccc(Cl)c(Cl)c2)n1. The second-order valence-corrected chi connectivity index (χ2v) is 5.96. The number of amides is 1. The Morgan fingerprint density at radius 1 is 1.18 bits per heavy atom. The minimum absolute atomic E-state index is 0.0266. The molecule has 1 heterocycles. The summed E-state index contributed by atoms with van der Waals surface area (Å²) in [4.78, 5) is 16.3. The number of carbonyl (C=O) groups excluding carboxylic acids is 1. The van der Waals surface area contributed by atoms with Gasteiger partial charge in [-0.25, -0.2) is 0 Å². The van der Waals surface area contributed by atoms with Crippen molar-refractivity contribution in [2.24, 2.45) is 0 Å². The van der Waals surface area contributed by atoms with Crippen LogP contribution < -0.4 is 5.32 Å². The van der Waals surface area contributed by atoms with Gasteiger partial charge in [0, 0.05) is 24.4 Å². The maximum absolute atomic E-state index is 11.8. The summed E-state index contributed by atoms with van der Waals surface area (Å²) in [6.07, 6.45) is 2.07. The summed E-state index contributed by atoms with van der Waals surface area (Å²) < 4.78 is 0. The fraction of sp³-hybridized carbons (Fsp3) is 0.294. The number of halogens is 2. The van der Waals surface area contributed by atoms with Crippen LogP contribution in [-0.2, 0) is 17.8 Å². The minimum atomic E-state index is 0.0266. The Balaban J connectivity index is 1.72. The smallest absolute Gasteiger partial charge is 0.220 e. The van der Waals surface area contributed by atoms with Crippen LogP contribution in [0.15, 0.2) is 36.4 Å². The van der Waals surface area contributed by atoms with E-state index in [0.717, 1.165) is 29.8 Å². The molecule has 0 bridgehead atoms. The van der Waals surface area contributed by atoms with Gasteiger partial charge in [0.1, 0.15) is 0 Å². The Labute approximate surface area is 140 Å². The number of carbonyl (C=O) groups is 1. The molecule has 5 heteroatoms. The van der Waals surface area contributed by atoms with Crippen LogP contribution in [0.4, 0.5) is 0 Å². The lowest BCUT2D eigenvalue weighted by Gasteiger charge is -2.06. The molecule has 0 radical (unpaired) electrons. The summed E-state index contributed by atoms with van der Waals surface area (Å²) >= 11 is 11.8. The zero-order valence-electron chi connectivity index (χ0n) is 12.4. The van der Waals surface area contributed by atoms with Gasteiger partial charge in [-0.2, -0.15) is 0 Å². The van der Waals surface area contributed by atoms with Crippen molar-refractivity contribution in [3.63, 3.8) is 0 Å². The van der Waals surface area contributed by atoms with Crippen molar-refractivity contribution in [2.75, 3.05) is 0 Å². The van der Waals surface area contributed by atoms with E-state index in [0.29, 0.717) is 23.0 Å². The van der Waals surface area contributed by atoms with E-state index in [1.165, 1.54) is 0 Å². The molecule has 1 aromatic carbocycles. The van der Waals surface area contributed by atoms with Crippen LogP contribution in [0, 0.1) is 6.92 Å². The predicted molar refractivity (Wildman–Crippen MR) is 90.2 cm³/mol. The van der Waals surface area contributed by atoms with Gasteiger partial charge in [0.15, 0.2) is 0 Å². The van der Waals surface area contributed by atoms with Gasteiger partial charge in [-0.15, -0.1) is 0 Å². The molecular formula is C17H18Cl2N2O. The van der Waals surface area contributed by atoms with Crippen LogP contribution in [0.1, 0.15) is 29.8 Å². The monoisotopic (exact) mass is 336 g/mol. The van der Waals surface area contributed by atoms with Crippen LogP contribution in [0.3, 0.4) is 0 Å². The van der Waals surface area contributed by atoms with Gasteiger partial charge in [0.05, 0.1) is 10.0 Å². The van der Waals surface area contributed by atoms with Crippen molar-refractivity contribution >= 4 is 29.1 Å². The molecular weight excluding hydrogens is 319 g/mol. The zero-order chi connectivity index (χ0) is 15.9. The van der Waals surface area contributed by atoms with Crippen LogP contribution in [0.25, 0.3) is 0 Å². The van der Waals surface area contributed by atoms with E-state index in [-0.39, 0.29) is 5.91 Å². The summed E-state index contributed by atoms with van der Waals surface area (Å²) in [5.74, 6) is 0.0266. The minimum Gasteiger partial charge on any atom is -0.352 e. The molecule has 0 unspecified atom stereocenters. The Bertz CT molecular complexity index is 659. The van der Waals surface area contributed by atoms with E-state index in [1.54, 1.807) is 12.1 Å². The number of nitrogens with zero attached hydrogens (tertiary/aromatic N) is 1. The average Bonchev–Trinajstić information content (AvgIpc) is 2.48. The first-order valence-corrected chi connectivity index (χ1v) is 7.93. The van der Waals surface area contributed by atoms with E-state index >= 15 is 0 Å². The van der Waals surface area contributed by atoms with Crippen molar-refractivity contribution in [2.45, 2.75) is 32.7 Å². The molecule has 2 aromatic rings. The second-order valence-electron chi connectivity index (χ2n) is 5.15. The lowest BCUT2D eigenvalue weighted by molar-refractivity contribution is -0.121. The maximum Gasteiger partial charge on any atom is 0.220 e. The van der Waals surface area contributed by atoms with Crippen molar-refractivity contribution < 1.29 is 4.79 Å². The Kier molecular flexibility index (Phi) is 6.22. The van der Waals surface area contributed by atoms with Gasteiger partial charge in [-0.1, -0.05) is 35.3 Å². The summed E-state index contributed by atoms with van der Waals surface area (Å²) in [6, 6.07) is 11.3. The molecule has 0 saturated heterocycles. The molecule has 0 saturated carbocycles. The number of hydrogen-bond acceptors (Lipinski definition) is 2. The highest BCUT2D eigenvalue weighted by atomic mass is 35.5. The molecule has 116 valence electrons. The number of nitrogens with one attached hydrogen (secondary N) is 1. The Morgan fingerprint density at radius 3 is 2.73 bits per heavy atom. The van der Waals surface area contributed by atoms with E-state index < -0.39 is 0 Å². The van der Waals surface area contributed by atoms with Gasteiger partial charge in [-0.3, -0.25) is 9.78 Å². The van der Waals surface area contributed by atoms with E-state index in [2.05, 4.69) is 10.3 Å². The maximum atomic E-state index is 11.8. The molecule has 22 heavy (non-hydrogen) atoms. The number of aromatic nitrogens is 1. The van der Waals surface area contributed by atoms with E-state index in [1.807, 2.05) is 31.2 Å². The van der Waals surface area contributed by atoms with Crippen molar-refractivity contribution in [1.29, 1.82) is 0 Å². The quantitative estimate of drug-likeness (QED) is 0.852. The molecule has 0 fully saturated rings. The lowest BCUT2D eigenvalue weighted by Crippen LogP contribution is -2.22. The molecule has 1 aromatic heterocycles. The Hall–Kier alpha value is -1.58. The third-order valence-corrected chi connectivity index (χ3v) is 4.00. The molecule has 0 aliphatic rings. The van der Waals surface area contributed by atoms with Gasteiger partial charge in [0.25, 0.3) is 0 Å². The third kappa shape index (κ3) is 5.32. The number of rotatable bonds is 6. The second kappa shape index (κ2) is 8.16. The molecule has 0 spiro atoms. The van der Waals surface area contributed by atoms with Crippen LogP contribution in [-0.4, -0.2) is 10.9 Å². The van der Waals surface area contributed by atoms with Crippen molar-refractivity contribution in [3.8, 4) is 0 Å². The first-order valence-electron chi connectivity index (χ1n) is 7.18. The zero-order valence-corrected chi connectivity index (χ0v) is 13.9. The topological polar surface area (TPSA) is 42.0 Å². The molecule has 0 aliphatic carbocycles. The van der Waals surface area contributed by atoms with Crippen LogP contribution >= 0.6 is 23.2 Å². The molecule has 0 atom stereocenters. The molecule has 1 N–H and O–H groups in total. The van der Waals surface area contributed by atoms with Crippen LogP contribution in [0.5, 0.6) is 0 Å².